The molecule has 5 heteroatoms. The van der Waals surface area contributed by atoms with Gasteiger partial charge in [0.1, 0.15) is 5.75 Å². The highest BCUT2D eigenvalue weighted by atomic mass is 35.5. The van der Waals surface area contributed by atoms with E-state index in [1.807, 2.05) is 6.07 Å². The number of benzene rings is 2. The molecule has 2 aromatic carbocycles. The van der Waals surface area contributed by atoms with E-state index in [9.17, 15) is 4.79 Å². The van der Waals surface area contributed by atoms with Crippen LogP contribution in [-0.2, 0) is 11.2 Å². The lowest BCUT2D eigenvalue weighted by molar-refractivity contribution is -0.132. The monoisotopic (exact) mass is 301 g/mol. The Balaban J connectivity index is 2.43. The molecule has 0 amide bonds. The molecule has 0 N–H and O–H groups in total. The van der Waals surface area contributed by atoms with Gasteiger partial charge in [-0.1, -0.05) is 35.9 Å². The van der Waals surface area contributed by atoms with Crippen molar-refractivity contribution < 1.29 is 14.3 Å². The summed E-state index contributed by atoms with van der Waals surface area (Å²) in [5.41, 5.74) is 0.581. The summed E-state index contributed by atoms with van der Waals surface area (Å²) in [6.45, 7) is 1.29. The number of carbonyl (C=O) groups excluding carboxylic acids is 1. The normalized spacial score (nSPS) is 9.76. The second kappa shape index (κ2) is 6.78. The van der Waals surface area contributed by atoms with Crippen LogP contribution in [0, 0.1) is 11.3 Å². The van der Waals surface area contributed by atoms with Crippen molar-refractivity contribution in [3.8, 4) is 23.3 Å². The van der Waals surface area contributed by atoms with Crippen LogP contribution < -0.4 is 9.47 Å². The number of hydrogen-bond donors (Lipinski definition) is 0. The van der Waals surface area contributed by atoms with Crippen molar-refractivity contribution in [2.24, 2.45) is 0 Å². The summed E-state index contributed by atoms with van der Waals surface area (Å²) in [6, 6.07) is 14.1. The molecule has 0 unspecified atom stereocenters. The largest absolute Gasteiger partial charge is 0.452 e. The fourth-order valence-corrected chi connectivity index (χ4v) is 1.95. The van der Waals surface area contributed by atoms with Gasteiger partial charge in [-0.15, -0.1) is 0 Å². The average molecular weight is 302 g/mol. The van der Waals surface area contributed by atoms with Gasteiger partial charge in [0, 0.05) is 12.5 Å². The minimum atomic E-state index is -0.482. The van der Waals surface area contributed by atoms with E-state index in [1.165, 1.54) is 6.92 Å². The van der Waals surface area contributed by atoms with Crippen LogP contribution in [0.3, 0.4) is 0 Å². The summed E-state index contributed by atoms with van der Waals surface area (Å²) in [6.07, 6.45) is 0.113. The van der Waals surface area contributed by atoms with Gasteiger partial charge in [-0.2, -0.15) is 5.26 Å². The molecule has 0 aliphatic carbocycles. The highest BCUT2D eigenvalue weighted by molar-refractivity contribution is 6.32. The Labute approximate surface area is 127 Å². The molecule has 106 valence electrons. The van der Waals surface area contributed by atoms with E-state index in [4.69, 9.17) is 26.3 Å². The highest BCUT2D eigenvalue weighted by Crippen LogP contribution is 2.37. The molecule has 0 radical (unpaired) electrons. The van der Waals surface area contributed by atoms with Crippen LogP contribution in [-0.4, -0.2) is 5.97 Å². The number of rotatable bonds is 4. The number of nitriles is 1. The van der Waals surface area contributed by atoms with Crippen molar-refractivity contribution in [3.63, 3.8) is 0 Å². The van der Waals surface area contributed by atoms with E-state index >= 15 is 0 Å². The number of carbonyl (C=O) groups is 1. The van der Waals surface area contributed by atoms with Gasteiger partial charge in [-0.25, -0.2) is 0 Å². The van der Waals surface area contributed by atoms with Gasteiger partial charge in [0.15, 0.2) is 11.5 Å². The zero-order chi connectivity index (χ0) is 15.2. The van der Waals surface area contributed by atoms with Crippen LogP contribution >= 0.6 is 11.6 Å². The van der Waals surface area contributed by atoms with E-state index in [0.717, 1.165) is 0 Å². The van der Waals surface area contributed by atoms with Gasteiger partial charge >= 0.3 is 5.97 Å². The maximum absolute atomic E-state index is 11.3. The lowest BCUT2D eigenvalue weighted by Crippen LogP contribution is -2.05. The maximum atomic E-state index is 11.3. The molecule has 4 nitrogen and oxygen atoms in total. The molecule has 2 aromatic rings. The van der Waals surface area contributed by atoms with Gasteiger partial charge in [-0.3, -0.25) is 4.79 Å². The SMILES string of the molecule is CC(=O)Oc1c(CC#N)cccc1Oc1ccccc1Cl. The van der Waals surface area contributed by atoms with Gasteiger partial charge in [0.25, 0.3) is 0 Å². The molecule has 0 spiro atoms. The predicted molar refractivity (Wildman–Crippen MR) is 78.6 cm³/mol. The molecule has 0 aromatic heterocycles. The first-order valence-corrected chi connectivity index (χ1v) is 6.59. The highest BCUT2D eigenvalue weighted by Gasteiger charge is 2.15. The van der Waals surface area contributed by atoms with Crippen molar-refractivity contribution in [2.45, 2.75) is 13.3 Å². The summed E-state index contributed by atoms with van der Waals surface area (Å²) < 4.78 is 10.9. The van der Waals surface area contributed by atoms with Crippen molar-refractivity contribution in [2.75, 3.05) is 0 Å². The Kier molecular flexibility index (Phi) is 4.81. The van der Waals surface area contributed by atoms with Crippen LogP contribution in [0.4, 0.5) is 0 Å². The Morgan fingerprint density at radius 2 is 1.90 bits per heavy atom. The molecule has 21 heavy (non-hydrogen) atoms. The number of nitrogens with zero attached hydrogens (tertiary/aromatic N) is 1. The fourth-order valence-electron chi connectivity index (χ4n) is 1.77. The minimum Gasteiger partial charge on any atom is -0.452 e. The third-order valence-corrected chi connectivity index (χ3v) is 2.94. The van der Waals surface area contributed by atoms with Gasteiger partial charge < -0.3 is 9.47 Å². The Hall–Kier alpha value is -2.51. The topological polar surface area (TPSA) is 59.3 Å². The molecule has 0 aliphatic rings. The summed E-state index contributed by atoms with van der Waals surface area (Å²) in [5, 5.41) is 9.29. The van der Waals surface area contributed by atoms with Crippen molar-refractivity contribution in [1.82, 2.24) is 0 Å². The van der Waals surface area contributed by atoms with E-state index in [2.05, 4.69) is 0 Å². The molecular weight excluding hydrogens is 290 g/mol. The molecule has 0 fully saturated rings. The molecule has 0 saturated heterocycles. The zero-order valence-corrected chi connectivity index (χ0v) is 12.1. The second-order valence-electron chi connectivity index (χ2n) is 4.21. The number of hydrogen-bond acceptors (Lipinski definition) is 4. The van der Waals surface area contributed by atoms with Crippen LogP contribution in [0.2, 0.25) is 5.02 Å². The fraction of sp³-hybridized carbons (Fsp3) is 0.125. The van der Waals surface area contributed by atoms with Crippen molar-refractivity contribution in [3.05, 3.63) is 53.1 Å². The van der Waals surface area contributed by atoms with Gasteiger partial charge in [-0.05, 0) is 18.2 Å². The molecule has 0 atom stereocenters. The Morgan fingerprint density at radius 1 is 1.19 bits per heavy atom. The number of esters is 1. The minimum absolute atomic E-state index is 0.113. The summed E-state index contributed by atoms with van der Waals surface area (Å²) in [4.78, 5) is 11.3. The first-order chi connectivity index (χ1) is 10.1. The molecule has 2 rings (SSSR count). The summed E-state index contributed by atoms with van der Waals surface area (Å²) in [7, 11) is 0. The van der Waals surface area contributed by atoms with Crippen LogP contribution in [0.25, 0.3) is 0 Å². The summed E-state index contributed by atoms with van der Waals surface area (Å²) >= 11 is 6.05. The molecule has 0 saturated carbocycles. The molecular formula is C16H12ClNO3. The summed E-state index contributed by atoms with van der Waals surface area (Å²) in [5.74, 6) is 0.545. The first-order valence-electron chi connectivity index (χ1n) is 6.21. The van der Waals surface area contributed by atoms with E-state index in [1.54, 1.807) is 42.5 Å². The first kappa shape index (κ1) is 14.9. The van der Waals surface area contributed by atoms with Crippen molar-refractivity contribution >= 4 is 17.6 Å². The van der Waals surface area contributed by atoms with Gasteiger partial charge in [0.2, 0.25) is 0 Å². The predicted octanol–water partition coefficient (Wildman–Crippen LogP) is 4.12. The Bertz CT molecular complexity index is 707. The lowest BCUT2D eigenvalue weighted by Gasteiger charge is -2.14. The third kappa shape index (κ3) is 3.74. The smallest absolute Gasteiger partial charge is 0.308 e. The number of para-hydroxylation sites is 2. The lowest BCUT2D eigenvalue weighted by atomic mass is 10.1. The van der Waals surface area contributed by atoms with E-state index in [0.29, 0.717) is 22.1 Å². The van der Waals surface area contributed by atoms with Crippen molar-refractivity contribution in [1.29, 1.82) is 5.26 Å². The van der Waals surface area contributed by atoms with E-state index < -0.39 is 5.97 Å². The van der Waals surface area contributed by atoms with Crippen LogP contribution in [0.1, 0.15) is 12.5 Å². The molecule has 0 bridgehead atoms. The van der Waals surface area contributed by atoms with Crippen LogP contribution in [0.5, 0.6) is 17.2 Å². The van der Waals surface area contributed by atoms with Gasteiger partial charge in [0.05, 0.1) is 17.5 Å². The number of halogens is 1. The maximum Gasteiger partial charge on any atom is 0.308 e. The molecule has 0 aliphatic heterocycles. The van der Waals surface area contributed by atoms with E-state index in [-0.39, 0.29) is 12.2 Å². The second-order valence-corrected chi connectivity index (χ2v) is 4.61. The Morgan fingerprint density at radius 3 is 2.57 bits per heavy atom. The van der Waals surface area contributed by atoms with Crippen LogP contribution in [0.15, 0.2) is 42.5 Å². The zero-order valence-electron chi connectivity index (χ0n) is 11.3. The quantitative estimate of drug-likeness (QED) is 0.629. The average Bonchev–Trinajstić information content (AvgIpc) is 2.44. The number of ether oxygens (including phenoxy) is 2. The third-order valence-electron chi connectivity index (χ3n) is 2.63. The molecule has 0 heterocycles. The standard InChI is InChI=1S/C16H12ClNO3/c1-11(19)20-16-12(9-10-18)5-4-8-15(16)21-14-7-3-2-6-13(14)17/h2-8H,9H2,1H3.